The number of fused-ring (bicyclic) bond motifs is 1. The van der Waals surface area contributed by atoms with Crippen molar-refractivity contribution in [3.05, 3.63) is 24.4 Å². The van der Waals surface area contributed by atoms with E-state index in [0.29, 0.717) is 11.1 Å². The largest absolute Gasteiger partial charge is 0.443 e. The molecule has 0 atom stereocenters. The number of aromatic nitrogens is 2. The van der Waals surface area contributed by atoms with Gasteiger partial charge in [-0.1, -0.05) is 0 Å². The average molecular weight is 163 g/mol. The molecule has 0 spiro atoms. The zero-order chi connectivity index (χ0) is 8.55. The number of amides is 1. The first-order chi connectivity index (χ1) is 5.79. The van der Waals surface area contributed by atoms with Gasteiger partial charge in [-0.05, 0) is 0 Å². The van der Waals surface area contributed by atoms with E-state index in [1.54, 1.807) is 0 Å². The molecule has 0 bridgehead atoms. The van der Waals surface area contributed by atoms with E-state index in [0.717, 1.165) is 0 Å². The van der Waals surface area contributed by atoms with Gasteiger partial charge in [0.15, 0.2) is 12.0 Å². The van der Waals surface area contributed by atoms with E-state index < -0.39 is 5.91 Å². The molecule has 60 valence electrons. The number of nitrogens with two attached hydrogens (primary N) is 1. The van der Waals surface area contributed by atoms with E-state index in [-0.39, 0.29) is 5.56 Å². The molecule has 12 heavy (non-hydrogen) atoms. The molecule has 0 radical (unpaired) electrons. The second kappa shape index (κ2) is 2.30. The molecule has 2 aromatic heterocycles. The number of pyridine rings is 1. The van der Waals surface area contributed by atoms with E-state index in [4.69, 9.17) is 10.2 Å². The topological polar surface area (TPSA) is 82.0 Å². The van der Waals surface area contributed by atoms with Crippen molar-refractivity contribution in [2.45, 2.75) is 0 Å². The number of carbonyl (C=O) groups is 1. The number of primary amides is 1. The van der Waals surface area contributed by atoms with Crippen molar-refractivity contribution in [1.82, 2.24) is 9.97 Å². The van der Waals surface area contributed by atoms with Crippen LogP contribution in [-0.2, 0) is 0 Å². The lowest BCUT2D eigenvalue weighted by atomic mass is 10.2. The highest BCUT2D eigenvalue weighted by Crippen LogP contribution is 2.14. The van der Waals surface area contributed by atoms with Crippen LogP contribution in [0.2, 0.25) is 0 Å². The van der Waals surface area contributed by atoms with E-state index in [9.17, 15) is 4.79 Å². The standard InChI is InChI=1S/C7H5N3O2/c8-7(11)4-1-9-2-5-6(4)12-3-10-5/h1-3H,(H2,8,11). The van der Waals surface area contributed by atoms with Crippen molar-refractivity contribution in [1.29, 1.82) is 0 Å². The minimum Gasteiger partial charge on any atom is -0.443 e. The molecule has 0 saturated carbocycles. The van der Waals surface area contributed by atoms with Crippen LogP contribution in [0.25, 0.3) is 11.1 Å². The Morgan fingerprint density at radius 2 is 2.33 bits per heavy atom. The summed E-state index contributed by atoms with van der Waals surface area (Å²) in [5.41, 5.74) is 6.25. The molecule has 0 fully saturated rings. The van der Waals surface area contributed by atoms with Gasteiger partial charge in [0.2, 0.25) is 0 Å². The SMILES string of the molecule is NC(=O)c1cncc2ncoc12. The number of hydrogen-bond donors (Lipinski definition) is 1. The van der Waals surface area contributed by atoms with E-state index in [2.05, 4.69) is 9.97 Å². The third kappa shape index (κ3) is 0.833. The quantitative estimate of drug-likeness (QED) is 0.656. The zero-order valence-corrected chi connectivity index (χ0v) is 6.02. The fraction of sp³-hybridized carbons (Fsp3) is 0. The predicted molar refractivity (Wildman–Crippen MR) is 40.3 cm³/mol. The molecule has 0 saturated heterocycles. The molecule has 2 aromatic rings. The Bertz CT molecular complexity index is 435. The monoisotopic (exact) mass is 163 g/mol. The Morgan fingerprint density at radius 3 is 3.08 bits per heavy atom. The maximum Gasteiger partial charge on any atom is 0.254 e. The molecule has 2 N–H and O–H groups in total. The van der Waals surface area contributed by atoms with Crippen LogP contribution in [0.5, 0.6) is 0 Å². The van der Waals surface area contributed by atoms with Crippen molar-refractivity contribution in [2.75, 3.05) is 0 Å². The molecule has 0 aliphatic heterocycles. The summed E-state index contributed by atoms with van der Waals surface area (Å²) in [6.45, 7) is 0. The number of nitrogens with zero attached hydrogens (tertiary/aromatic N) is 2. The van der Waals surface area contributed by atoms with Gasteiger partial charge < -0.3 is 10.2 Å². The summed E-state index contributed by atoms with van der Waals surface area (Å²) in [7, 11) is 0. The van der Waals surface area contributed by atoms with Crippen molar-refractivity contribution in [2.24, 2.45) is 5.73 Å². The molecule has 0 aromatic carbocycles. The second-order valence-corrected chi connectivity index (χ2v) is 2.25. The van der Waals surface area contributed by atoms with Crippen LogP contribution in [0.4, 0.5) is 0 Å². The van der Waals surface area contributed by atoms with Crippen molar-refractivity contribution < 1.29 is 9.21 Å². The van der Waals surface area contributed by atoms with E-state index >= 15 is 0 Å². The van der Waals surface area contributed by atoms with Gasteiger partial charge in [-0.15, -0.1) is 0 Å². The lowest BCUT2D eigenvalue weighted by molar-refractivity contribution is 0.100. The van der Waals surface area contributed by atoms with Gasteiger partial charge >= 0.3 is 0 Å². The molecule has 0 aliphatic rings. The van der Waals surface area contributed by atoms with Crippen LogP contribution in [0.1, 0.15) is 10.4 Å². The molecule has 2 heterocycles. The minimum atomic E-state index is -0.565. The molecule has 5 nitrogen and oxygen atoms in total. The highest BCUT2D eigenvalue weighted by Gasteiger charge is 2.09. The van der Waals surface area contributed by atoms with Gasteiger partial charge in [0.1, 0.15) is 11.1 Å². The Labute approximate surface area is 67.2 Å². The third-order valence-corrected chi connectivity index (χ3v) is 1.51. The summed E-state index contributed by atoms with van der Waals surface area (Å²) in [5, 5.41) is 0. The maximum absolute atomic E-state index is 10.8. The Hall–Kier alpha value is -1.91. The van der Waals surface area contributed by atoms with Crippen LogP contribution >= 0.6 is 0 Å². The van der Waals surface area contributed by atoms with Crippen LogP contribution in [0.3, 0.4) is 0 Å². The van der Waals surface area contributed by atoms with Gasteiger partial charge in [0, 0.05) is 6.20 Å². The van der Waals surface area contributed by atoms with E-state index in [1.165, 1.54) is 18.8 Å². The second-order valence-electron chi connectivity index (χ2n) is 2.25. The van der Waals surface area contributed by atoms with Gasteiger partial charge in [-0.3, -0.25) is 9.78 Å². The van der Waals surface area contributed by atoms with Gasteiger partial charge in [-0.25, -0.2) is 4.98 Å². The first kappa shape index (κ1) is 6.78. The maximum atomic E-state index is 10.8. The Balaban J connectivity index is 2.82. The Morgan fingerprint density at radius 1 is 1.50 bits per heavy atom. The highest BCUT2D eigenvalue weighted by molar-refractivity contribution is 6.02. The van der Waals surface area contributed by atoms with Gasteiger partial charge in [-0.2, -0.15) is 0 Å². The lowest BCUT2D eigenvalue weighted by Gasteiger charge is -1.92. The number of oxazole rings is 1. The average Bonchev–Trinajstić information content (AvgIpc) is 2.49. The molecule has 5 heteroatoms. The summed E-state index contributed by atoms with van der Waals surface area (Å²) < 4.78 is 4.96. The van der Waals surface area contributed by atoms with Crippen LogP contribution in [0.15, 0.2) is 23.2 Å². The molecule has 0 aliphatic carbocycles. The summed E-state index contributed by atoms with van der Waals surface area (Å²) in [6.07, 6.45) is 4.11. The summed E-state index contributed by atoms with van der Waals surface area (Å²) in [6, 6.07) is 0. The first-order valence-corrected chi connectivity index (χ1v) is 3.26. The molecular formula is C7H5N3O2. The van der Waals surface area contributed by atoms with Crippen LogP contribution in [0, 0.1) is 0 Å². The fourth-order valence-corrected chi connectivity index (χ4v) is 0.965. The van der Waals surface area contributed by atoms with E-state index in [1.807, 2.05) is 0 Å². The molecular weight excluding hydrogens is 158 g/mol. The van der Waals surface area contributed by atoms with Crippen molar-refractivity contribution in [3.8, 4) is 0 Å². The lowest BCUT2D eigenvalue weighted by Crippen LogP contribution is -2.11. The van der Waals surface area contributed by atoms with Gasteiger partial charge in [0.25, 0.3) is 5.91 Å². The van der Waals surface area contributed by atoms with Crippen molar-refractivity contribution in [3.63, 3.8) is 0 Å². The highest BCUT2D eigenvalue weighted by atomic mass is 16.3. The number of carbonyl (C=O) groups excluding carboxylic acids is 1. The van der Waals surface area contributed by atoms with Crippen LogP contribution in [-0.4, -0.2) is 15.9 Å². The minimum absolute atomic E-state index is 0.255. The normalized spacial score (nSPS) is 10.3. The van der Waals surface area contributed by atoms with Crippen LogP contribution < -0.4 is 5.73 Å². The smallest absolute Gasteiger partial charge is 0.254 e. The fourth-order valence-electron chi connectivity index (χ4n) is 0.965. The molecule has 1 amide bonds. The number of rotatable bonds is 1. The summed E-state index contributed by atoms with van der Waals surface area (Å²) in [5.74, 6) is -0.565. The Kier molecular flexibility index (Phi) is 1.30. The number of hydrogen-bond acceptors (Lipinski definition) is 4. The molecule has 0 unspecified atom stereocenters. The first-order valence-electron chi connectivity index (χ1n) is 3.26. The molecule has 2 rings (SSSR count). The summed E-state index contributed by atoms with van der Waals surface area (Å²) in [4.78, 5) is 18.4. The third-order valence-electron chi connectivity index (χ3n) is 1.51. The predicted octanol–water partition coefficient (Wildman–Crippen LogP) is 0.322. The van der Waals surface area contributed by atoms with Gasteiger partial charge in [0.05, 0.1) is 6.20 Å². The summed E-state index contributed by atoms with van der Waals surface area (Å²) >= 11 is 0. The zero-order valence-electron chi connectivity index (χ0n) is 6.02. The van der Waals surface area contributed by atoms with Crippen molar-refractivity contribution >= 4 is 17.0 Å².